The van der Waals surface area contributed by atoms with Gasteiger partial charge in [0.25, 0.3) is 30.2 Å². The standard InChI is InChI=1S/C25H19F3N4O4S2.C18H17F2N3O2.C7H3ClFNO2S2/c1-13-7-20-14(11-29-13)8-15(25(33)32(20)5-6-36-2)23-16(26)3-4-18(24(23)28)31-38(34,35)22-10-21-19(9-17(22)27)30-12-37-21;1-10-7-15-11(9-22-10)8-12(18(24)23(15)5-6-25-2)16-13(19)3-4-14(21)17(16)20;8-14(11,12)7-2-6-5(1-4(7)9)10-3-13-6/h3-4,7-12,31H,5-6H2,1-2H3;3-4,7-9H,5-6,21H2,1-2H3;1-3H. The van der Waals surface area contributed by atoms with Crippen molar-refractivity contribution >= 4 is 106 Å². The molecule has 0 amide bonds. The number of halogens is 7. The smallest absolute Gasteiger partial charge is 0.264 e. The summed E-state index contributed by atoms with van der Waals surface area (Å²) < 4.78 is 151. The van der Waals surface area contributed by atoms with Gasteiger partial charge in [0.2, 0.25) is 0 Å². The number of methoxy groups -OCH3 is 2. The number of ether oxygens (including phenoxy) is 2. The van der Waals surface area contributed by atoms with Gasteiger partial charge >= 0.3 is 0 Å². The number of benzene rings is 4. The molecule has 0 spiro atoms. The fourth-order valence-electron chi connectivity index (χ4n) is 7.92. The second-order valence-electron chi connectivity index (χ2n) is 16.6. The van der Waals surface area contributed by atoms with Gasteiger partial charge in [-0.1, -0.05) is 0 Å². The third kappa shape index (κ3) is 11.7. The van der Waals surface area contributed by atoms with Crippen molar-refractivity contribution in [1.82, 2.24) is 29.1 Å². The van der Waals surface area contributed by atoms with Crippen LogP contribution in [0.4, 0.5) is 37.7 Å². The summed E-state index contributed by atoms with van der Waals surface area (Å²) in [6, 6.07) is 14.3. The molecule has 0 radical (unpaired) electrons. The molecule has 10 aromatic rings. The lowest BCUT2D eigenvalue weighted by Crippen LogP contribution is -2.25. The van der Waals surface area contributed by atoms with Crippen LogP contribution in [0.1, 0.15) is 11.4 Å². The Balaban J connectivity index is 0.000000171. The summed E-state index contributed by atoms with van der Waals surface area (Å²) in [6.45, 7) is 4.31. The van der Waals surface area contributed by atoms with Gasteiger partial charge in [-0.3, -0.25) is 24.3 Å². The maximum atomic E-state index is 15.7. The lowest BCUT2D eigenvalue weighted by atomic mass is 10.0. The number of aryl methyl sites for hydroxylation is 2. The number of hydrogen-bond acceptors (Lipinski definition) is 15. The van der Waals surface area contributed by atoms with Crippen LogP contribution in [0, 0.1) is 48.8 Å². The molecule has 10 rings (SSSR count). The lowest BCUT2D eigenvalue weighted by Gasteiger charge is -2.16. The normalized spacial score (nSPS) is 11.7. The fourth-order valence-corrected chi connectivity index (χ4v) is 11.5. The third-order valence-electron chi connectivity index (χ3n) is 11.6. The van der Waals surface area contributed by atoms with Crippen molar-refractivity contribution < 1.29 is 52.7 Å². The van der Waals surface area contributed by atoms with E-state index in [1.54, 1.807) is 32.2 Å². The van der Waals surface area contributed by atoms with Crippen molar-refractivity contribution in [2.45, 2.75) is 36.7 Å². The first-order chi connectivity index (χ1) is 36.5. The van der Waals surface area contributed by atoms with Crippen molar-refractivity contribution in [3.05, 3.63) is 163 Å². The number of aromatic nitrogens is 6. The molecule has 0 aliphatic carbocycles. The molecule has 6 aromatic heterocycles. The molecule has 0 saturated carbocycles. The molecular formula is C50H39ClF6N8O8S4. The quantitative estimate of drug-likeness (QED) is 0.0661. The SMILES string of the molecule is COCCn1c(=O)c(-c2c(F)ccc(N)c2F)cc2cnc(C)cc21.COCCn1c(=O)c(-c2c(F)ccc(NS(=O)(=O)c3cc4scnc4cc3F)c2F)cc2cnc(C)cc21.O=S(=O)(Cl)c1cc2scnc2cc1F. The molecule has 3 N–H and O–H groups in total. The topological polar surface area (TPSA) is 220 Å². The molecule has 0 saturated heterocycles. The average Bonchev–Trinajstić information content (AvgIpc) is 4.11. The van der Waals surface area contributed by atoms with E-state index in [0.717, 1.165) is 59.5 Å². The summed E-state index contributed by atoms with van der Waals surface area (Å²) in [5.74, 6) is -6.17. The molecule has 27 heteroatoms. The van der Waals surface area contributed by atoms with Gasteiger partial charge in [0.05, 0.1) is 89.3 Å². The highest BCUT2D eigenvalue weighted by molar-refractivity contribution is 8.13. The number of nitrogens with two attached hydrogens (primary N) is 1. The van der Waals surface area contributed by atoms with Crippen LogP contribution >= 0.6 is 33.4 Å². The van der Waals surface area contributed by atoms with Gasteiger partial charge in [-0.2, -0.15) is 0 Å². The summed E-state index contributed by atoms with van der Waals surface area (Å²) in [5, 5.41) is 1.03. The minimum atomic E-state index is -4.64. The van der Waals surface area contributed by atoms with Gasteiger partial charge in [-0.05, 0) is 74.5 Å². The highest BCUT2D eigenvalue weighted by Gasteiger charge is 2.27. The molecule has 0 aliphatic rings. The van der Waals surface area contributed by atoms with E-state index in [9.17, 15) is 44.0 Å². The molecule has 0 aliphatic heterocycles. The number of fused-ring (bicyclic) bond motifs is 4. The zero-order chi connectivity index (χ0) is 55.7. The van der Waals surface area contributed by atoms with E-state index in [1.165, 1.54) is 70.1 Å². The van der Waals surface area contributed by atoms with Crippen molar-refractivity contribution in [2.24, 2.45) is 0 Å². The Bertz CT molecular complexity index is 4310. The van der Waals surface area contributed by atoms with Crippen molar-refractivity contribution in [3.8, 4) is 22.3 Å². The Labute approximate surface area is 445 Å². The van der Waals surface area contributed by atoms with Crippen LogP contribution in [0.5, 0.6) is 0 Å². The molecule has 6 heterocycles. The molecule has 0 bridgehead atoms. The van der Waals surface area contributed by atoms with E-state index in [2.05, 4.69) is 19.9 Å². The van der Waals surface area contributed by atoms with Crippen LogP contribution in [0.2, 0.25) is 0 Å². The van der Waals surface area contributed by atoms with Crippen molar-refractivity contribution in [1.29, 1.82) is 0 Å². The molecule has 0 fully saturated rings. The zero-order valence-electron chi connectivity index (χ0n) is 40.4. The Morgan fingerprint density at radius 2 is 1.06 bits per heavy atom. The largest absolute Gasteiger partial charge is 0.396 e. The van der Waals surface area contributed by atoms with E-state index < -0.39 is 91.7 Å². The molecule has 4 aromatic carbocycles. The average molecular weight is 1160 g/mol. The first kappa shape index (κ1) is 55.9. The second kappa shape index (κ2) is 22.7. The Kier molecular flexibility index (Phi) is 16.5. The van der Waals surface area contributed by atoms with Crippen molar-refractivity contribution in [2.75, 3.05) is 37.9 Å². The number of sulfonamides is 1. The predicted molar refractivity (Wildman–Crippen MR) is 283 cm³/mol. The number of anilines is 2. The van der Waals surface area contributed by atoms with Crippen LogP contribution in [-0.4, -0.2) is 73.3 Å². The fraction of sp³-hybridized carbons (Fsp3) is 0.160. The Hall–Kier alpha value is -7.33. The number of rotatable bonds is 12. The predicted octanol–water partition coefficient (Wildman–Crippen LogP) is 10.1. The third-order valence-corrected chi connectivity index (χ3v) is 15.9. The maximum Gasteiger partial charge on any atom is 0.264 e. The number of pyridine rings is 4. The summed E-state index contributed by atoms with van der Waals surface area (Å²) in [4.78, 5) is 41.3. The summed E-state index contributed by atoms with van der Waals surface area (Å²) >= 11 is 2.33. The van der Waals surface area contributed by atoms with Gasteiger partial charge in [0, 0.05) is 84.7 Å². The van der Waals surface area contributed by atoms with Crippen LogP contribution in [-0.2, 0) is 41.6 Å². The van der Waals surface area contributed by atoms with Gasteiger partial charge in [-0.25, -0.2) is 53.1 Å². The molecule has 0 atom stereocenters. The van der Waals surface area contributed by atoms with Gasteiger partial charge in [-0.15, -0.1) is 22.7 Å². The monoisotopic (exact) mass is 1160 g/mol. The van der Waals surface area contributed by atoms with Gasteiger partial charge < -0.3 is 24.3 Å². The highest BCUT2D eigenvalue weighted by Crippen LogP contribution is 2.34. The van der Waals surface area contributed by atoms with E-state index in [1.807, 2.05) is 4.72 Å². The molecular weight excluding hydrogens is 1120 g/mol. The highest BCUT2D eigenvalue weighted by atomic mass is 35.7. The van der Waals surface area contributed by atoms with Gasteiger partial charge in [0.15, 0.2) is 11.6 Å². The summed E-state index contributed by atoms with van der Waals surface area (Å²) in [6.07, 6.45) is 3.04. The zero-order valence-corrected chi connectivity index (χ0v) is 44.4. The van der Waals surface area contributed by atoms with E-state index in [-0.39, 0.29) is 48.6 Å². The molecule has 0 unspecified atom stereocenters. The van der Waals surface area contributed by atoms with Gasteiger partial charge in [0.1, 0.15) is 33.1 Å². The number of hydrogen-bond donors (Lipinski definition) is 2. The second-order valence-corrected chi connectivity index (χ2v) is 22.6. The number of thiazole rings is 2. The van der Waals surface area contributed by atoms with Crippen molar-refractivity contribution in [3.63, 3.8) is 0 Å². The molecule has 77 heavy (non-hydrogen) atoms. The summed E-state index contributed by atoms with van der Waals surface area (Å²) in [5.41, 5.74) is 7.96. The van der Waals surface area contributed by atoms with Crippen LogP contribution in [0.3, 0.4) is 0 Å². The number of nitrogen functional groups attached to an aromatic ring is 1. The van der Waals surface area contributed by atoms with E-state index in [0.29, 0.717) is 42.4 Å². The van der Waals surface area contributed by atoms with Crippen LogP contribution in [0.25, 0.3) is 64.5 Å². The number of nitrogens with zero attached hydrogens (tertiary/aromatic N) is 6. The lowest BCUT2D eigenvalue weighted by molar-refractivity contribution is 0.187. The molecule has 16 nitrogen and oxygen atoms in total. The Morgan fingerprint density at radius 3 is 1.55 bits per heavy atom. The first-order valence-corrected chi connectivity index (χ1v) is 27.8. The van der Waals surface area contributed by atoms with Crippen LogP contribution in [0.15, 0.2) is 116 Å². The Morgan fingerprint density at radius 1 is 0.610 bits per heavy atom. The number of nitrogens with one attached hydrogen (secondary N) is 1. The maximum absolute atomic E-state index is 15.7. The first-order valence-electron chi connectivity index (χ1n) is 22.3. The minimum absolute atomic E-state index is 0.0953. The van der Waals surface area contributed by atoms with E-state index in [4.69, 9.17) is 25.9 Å². The molecule has 400 valence electrons. The van der Waals surface area contributed by atoms with E-state index >= 15 is 8.78 Å². The summed E-state index contributed by atoms with van der Waals surface area (Å²) in [7, 11) is -0.647. The van der Waals surface area contributed by atoms with Crippen LogP contribution < -0.4 is 21.6 Å². The minimum Gasteiger partial charge on any atom is -0.396 e.